The van der Waals surface area contributed by atoms with E-state index in [0.717, 1.165) is 29.5 Å². The van der Waals surface area contributed by atoms with E-state index in [2.05, 4.69) is 0 Å². The molecule has 8 heteroatoms. The molecule has 1 aromatic rings. The molecular weight excluding hydrogens is 450 g/mol. The van der Waals surface area contributed by atoms with Crippen LogP contribution in [0.15, 0.2) is 24.0 Å². The zero-order valence-corrected chi connectivity index (χ0v) is 20.9. The Morgan fingerprint density at radius 1 is 1.09 bits per heavy atom. The van der Waals surface area contributed by atoms with Crippen molar-refractivity contribution in [2.24, 2.45) is 0 Å². The van der Waals surface area contributed by atoms with Crippen LogP contribution < -0.4 is 0 Å². The van der Waals surface area contributed by atoms with Crippen LogP contribution in [-0.2, 0) is 33.4 Å². The van der Waals surface area contributed by atoms with Crippen LogP contribution in [0, 0.1) is 13.8 Å². The lowest BCUT2D eigenvalue weighted by Crippen LogP contribution is -2.54. The van der Waals surface area contributed by atoms with Gasteiger partial charge in [-0.15, -0.1) is 0 Å². The number of hydroxylamine groups is 2. The van der Waals surface area contributed by atoms with Crippen molar-refractivity contribution in [2.45, 2.75) is 83.1 Å². The summed E-state index contributed by atoms with van der Waals surface area (Å²) in [5.41, 5.74) is 2.20. The van der Waals surface area contributed by atoms with Gasteiger partial charge in [0.2, 0.25) is 0 Å². The van der Waals surface area contributed by atoms with Gasteiger partial charge >= 0.3 is 5.97 Å². The van der Waals surface area contributed by atoms with Gasteiger partial charge in [-0.25, -0.2) is 5.06 Å². The van der Waals surface area contributed by atoms with E-state index >= 15 is 0 Å². The number of amides is 1. The smallest absolute Gasteiger partial charge is 0.310 e. The van der Waals surface area contributed by atoms with Crippen molar-refractivity contribution in [3.63, 3.8) is 0 Å². The first kappa shape index (κ1) is 24.4. The maximum absolute atomic E-state index is 14.1. The molecule has 0 N–H and O–H groups in total. The van der Waals surface area contributed by atoms with Gasteiger partial charge in [0.15, 0.2) is 5.79 Å². The number of benzene rings is 1. The number of aryl methyl sites for hydroxylation is 2. The van der Waals surface area contributed by atoms with E-state index < -0.39 is 11.3 Å². The van der Waals surface area contributed by atoms with Crippen molar-refractivity contribution < 1.29 is 33.4 Å². The normalized spacial score (nSPS) is 25.3. The Labute approximate surface area is 206 Å². The highest BCUT2D eigenvalue weighted by atomic mass is 16.7. The standard InChI is InChI=1S/C27H35NO7/c1-4-21(29)35-24-23(22-18(2)7-5-8-19(22)3)25(30)28(34-17-20-9-6-14-31-20)26(24)10-12-27(13-11-26)32-15-16-33-27/h5,7-8,20H,4,6,9-17H2,1-3H3. The first-order valence-electron chi connectivity index (χ1n) is 12.8. The maximum Gasteiger partial charge on any atom is 0.310 e. The monoisotopic (exact) mass is 485 g/mol. The lowest BCUT2D eigenvalue weighted by atomic mass is 9.77. The Bertz CT molecular complexity index is 990. The number of nitrogens with zero attached hydrogens (tertiary/aromatic N) is 1. The van der Waals surface area contributed by atoms with Gasteiger partial charge in [-0.05, 0) is 56.2 Å². The van der Waals surface area contributed by atoms with E-state index in [9.17, 15) is 9.59 Å². The Hall–Kier alpha value is -2.26. The molecule has 3 aliphatic heterocycles. The Morgan fingerprint density at radius 3 is 2.37 bits per heavy atom. The van der Waals surface area contributed by atoms with Crippen LogP contribution in [0.4, 0.5) is 0 Å². The molecule has 0 bridgehead atoms. The topological polar surface area (TPSA) is 83.5 Å². The van der Waals surface area contributed by atoms with Crippen molar-refractivity contribution >= 4 is 17.4 Å². The number of carbonyl (C=O) groups excluding carboxylic acids is 2. The minimum atomic E-state index is -0.912. The highest BCUT2D eigenvalue weighted by Crippen LogP contribution is 2.53. The Balaban J connectivity index is 1.59. The van der Waals surface area contributed by atoms with Crippen LogP contribution in [0.1, 0.15) is 68.6 Å². The molecule has 1 amide bonds. The van der Waals surface area contributed by atoms with Crippen molar-refractivity contribution in [3.8, 4) is 0 Å². The molecule has 0 radical (unpaired) electrons. The van der Waals surface area contributed by atoms with Crippen molar-refractivity contribution in [3.05, 3.63) is 40.6 Å². The molecule has 1 saturated carbocycles. The second-order valence-electron chi connectivity index (χ2n) is 9.97. The molecule has 5 rings (SSSR count). The van der Waals surface area contributed by atoms with Crippen LogP contribution in [0.25, 0.3) is 5.57 Å². The predicted molar refractivity (Wildman–Crippen MR) is 127 cm³/mol. The summed E-state index contributed by atoms with van der Waals surface area (Å²) in [7, 11) is 0. The average molecular weight is 486 g/mol. The van der Waals surface area contributed by atoms with E-state index in [1.54, 1.807) is 6.92 Å². The van der Waals surface area contributed by atoms with Crippen molar-refractivity contribution in [1.29, 1.82) is 0 Å². The summed E-state index contributed by atoms with van der Waals surface area (Å²) < 4.78 is 23.7. The molecule has 3 fully saturated rings. The van der Waals surface area contributed by atoms with Gasteiger partial charge < -0.3 is 18.9 Å². The van der Waals surface area contributed by atoms with E-state index in [1.807, 2.05) is 32.0 Å². The summed E-state index contributed by atoms with van der Waals surface area (Å²) in [6, 6.07) is 5.91. The quantitative estimate of drug-likeness (QED) is 0.564. The van der Waals surface area contributed by atoms with Crippen LogP contribution in [0.3, 0.4) is 0 Å². The predicted octanol–water partition coefficient (Wildman–Crippen LogP) is 3.98. The maximum atomic E-state index is 14.1. The molecule has 4 aliphatic rings. The number of esters is 1. The molecular formula is C27H35NO7. The second kappa shape index (κ2) is 9.65. The number of ether oxygens (including phenoxy) is 4. The summed E-state index contributed by atoms with van der Waals surface area (Å²) in [6.45, 7) is 7.81. The third-order valence-corrected chi connectivity index (χ3v) is 7.74. The van der Waals surface area contributed by atoms with Crippen LogP contribution in [-0.4, -0.2) is 60.8 Å². The average Bonchev–Trinajstić information content (AvgIpc) is 3.57. The molecule has 3 heterocycles. The summed E-state index contributed by atoms with van der Waals surface area (Å²) >= 11 is 0. The largest absolute Gasteiger partial charge is 0.428 e. The summed E-state index contributed by atoms with van der Waals surface area (Å²) in [4.78, 5) is 33.1. The number of carbonyl (C=O) groups is 2. The fourth-order valence-electron chi connectivity index (χ4n) is 5.86. The third-order valence-electron chi connectivity index (χ3n) is 7.74. The van der Waals surface area contributed by atoms with Gasteiger partial charge in [-0.1, -0.05) is 25.1 Å². The molecule has 35 heavy (non-hydrogen) atoms. The Kier molecular flexibility index (Phi) is 6.74. The SMILES string of the molecule is CCC(=O)OC1=C(c2c(C)cccc2C)C(=O)N(OCC2CCCO2)C12CCC1(CC2)OCCO1. The van der Waals surface area contributed by atoms with Gasteiger partial charge in [-0.2, -0.15) is 0 Å². The number of hydrogen-bond acceptors (Lipinski definition) is 7. The van der Waals surface area contributed by atoms with Gasteiger partial charge in [-0.3, -0.25) is 14.4 Å². The van der Waals surface area contributed by atoms with Crippen LogP contribution in [0.2, 0.25) is 0 Å². The molecule has 2 saturated heterocycles. The molecule has 8 nitrogen and oxygen atoms in total. The van der Waals surface area contributed by atoms with Crippen molar-refractivity contribution in [2.75, 3.05) is 26.4 Å². The third kappa shape index (κ3) is 4.31. The molecule has 1 aliphatic carbocycles. The lowest BCUT2D eigenvalue weighted by Gasteiger charge is -2.45. The van der Waals surface area contributed by atoms with Crippen molar-refractivity contribution in [1.82, 2.24) is 5.06 Å². The minimum Gasteiger partial charge on any atom is -0.428 e. The zero-order chi connectivity index (χ0) is 24.6. The van der Waals surface area contributed by atoms with Gasteiger partial charge in [0.05, 0.1) is 24.9 Å². The molecule has 1 aromatic carbocycles. The van der Waals surface area contributed by atoms with E-state index in [0.29, 0.717) is 56.8 Å². The van der Waals surface area contributed by atoms with E-state index in [-0.39, 0.29) is 31.0 Å². The fourth-order valence-corrected chi connectivity index (χ4v) is 5.86. The minimum absolute atomic E-state index is 0.0535. The molecule has 2 spiro atoms. The summed E-state index contributed by atoms with van der Waals surface area (Å²) in [5.74, 6) is -0.892. The number of hydrogen-bond donors (Lipinski definition) is 0. The van der Waals surface area contributed by atoms with E-state index in [4.69, 9.17) is 23.8 Å². The molecule has 190 valence electrons. The molecule has 0 aromatic heterocycles. The van der Waals surface area contributed by atoms with E-state index in [1.165, 1.54) is 5.06 Å². The van der Waals surface area contributed by atoms with Gasteiger partial charge in [0.1, 0.15) is 17.9 Å². The fraction of sp³-hybridized carbons (Fsp3) is 0.630. The zero-order valence-electron chi connectivity index (χ0n) is 20.9. The molecule has 1 unspecified atom stereocenters. The molecule has 1 atom stereocenters. The van der Waals surface area contributed by atoms with Crippen LogP contribution in [0.5, 0.6) is 0 Å². The summed E-state index contributed by atoms with van der Waals surface area (Å²) in [6.07, 6.45) is 4.20. The number of rotatable bonds is 6. The van der Waals surface area contributed by atoms with Crippen LogP contribution >= 0.6 is 0 Å². The lowest BCUT2D eigenvalue weighted by molar-refractivity contribution is -0.248. The second-order valence-corrected chi connectivity index (χ2v) is 9.97. The highest BCUT2D eigenvalue weighted by molar-refractivity contribution is 6.23. The highest BCUT2D eigenvalue weighted by Gasteiger charge is 2.60. The summed E-state index contributed by atoms with van der Waals surface area (Å²) in [5, 5.41) is 1.48. The van der Waals surface area contributed by atoms with Gasteiger partial charge in [0.25, 0.3) is 5.91 Å². The van der Waals surface area contributed by atoms with Gasteiger partial charge in [0, 0.05) is 25.9 Å². The Morgan fingerprint density at radius 2 is 1.77 bits per heavy atom. The first-order chi connectivity index (χ1) is 16.9. The first-order valence-corrected chi connectivity index (χ1v) is 12.8.